The van der Waals surface area contributed by atoms with Crippen LogP contribution in [-0.4, -0.2) is 23.5 Å². The zero-order valence-corrected chi connectivity index (χ0v) is 19.1. The molecule has 32 heavy (non-hydrogen) atoms. The van der Waals surface area contributed by atoms with E-state index in [0.717, 1.165) is 39.0 Å². The molecule has 1 N–H and O–H groups in total. The number of ether oxygens (including phenoxy) is 1. The number of amides is 1. The smallest absolute Gasteiger partial charge is 0.338 e. The highest BCUT2D eigenvalue weighted by Crippen LogP contribution is 2.30. The van der Waals surface area contributed by atoms with Crippen LogP contribution in [-0.2, 0) is 4.74 Å². The molecule has 0 aliphatic rings. The van der Waals surface area contributed by atoms with Crippen LogP contribution < -0.4 is 5.32 Å². The third-order valence-electron chi connectivity index (χ3n) is 5.08. The quantitative estimate of drug-likeness (QED) is 0.349. The first-order valence-electron chi connectivity index (χ1n) is 10.5. The standard InChI is InChI=1S/C26H24N2O3S/c1-4-11-31-26(30)18-7-9-19(10-8-18)27-25(29)21-15-22(23-6-5-12-32-23)28-24-17(3)13-16(2)14-20(21)24/h5-10,12-15H,4,11H2,1-3H3,(H,27,29). The highest BCUT2D eigenvalue weighted by Gasteiger charge is 2.17. The summed E-state index contributed by atoms with van der Waals surface area (Å²) < 4.78 is 5.15. The Morgan fingerprint density at radius 3 is 2.53 bits per heavy atom. The van der Waals surface area contributed by atoms with Crippen LogP contribution in [0.3, 0.4) is 0 Å². The third-order valence-corrected chi connectivity index (χ3v) is 5.97. The Hall–Kier alpha value is -3.51. The summed E-state index contributed by atoms with van der Waals surface area (Å²) in [5.74, 6) is -0.585. The Labute approximate surface area is 191 Å². The first-order valence-corrected chi connectivity index (χ1v) is 11.4. The molecular formula is C26H24N2O3S. The van der Waals surface area contributed by atoms with E-state index >= 15 is 0 Å². The summed E-state index contributed by atoms with van der Waals surface area (Å²) in [5.41, 5.74) is 5.33. The number of esters is 1. The molecule has 2 aromatic heterocycles. The van der Waals surface area contributed by atoms with Crippen molar-refractivity contribution < 1.29 is 14.3 Å². The summed E-state index contributed by atoms with van der Waals surface area (Å²) in [4.78, 5) is 31.2. The molecule has 0 aliphatic heterocycles. The molecular weight excluding hydrogens is 420 g/mol. The fraction of sp³-hybridized carbons (Fsp3) is 0.192. The van der Waals surface area contributed by atoms with Gasteiger partial charge in [-0.3, -0.25) is 4.79 Å². The van der Waals surface area contributed by atoms with Crippen molar-refractivity contribution in [3.63, 3.8) is 0 Å². The van der Waals surface area contributed by atoms with E-state index in [1.54, 1.807) is 35.6 Å². The molecule has 2 heterocycles. The van der Waals surface area contributed by atoms with Gasteiger partial charge in [-0.05, 0) is 73.7 Å². The van der Waals surface area contributed by atoms with Crippen LogP contribution >= 0.6 is 11.3 Å². The van der Waals surface area contributed by atoms with Crippen molar-refractivity contribution in [1.82, 2.24) is 4.98 Å². The third kappa shape index (κ3) is 4.55. The van der Waals surface area contributed by atoms with E-state index in [1.165, 1.54) is 0 Å². The molecule has 0 atom stereocenters. The second-order valence-electron chi connectivity index (χ2n) is 7.68. The maximum Gasteiger partial charge on any atom is 0.338 e. The molecule has 0 aliphatic carbocycles. The molecule has 0 radical (unpaired) electrons. The predicted octanol–water partition coefficient (Wildman–Crippen LogP) is 6.40. The molecule has 0 bridgehead atoms. The van der Waals surface area contributed by atoms with Crippen LogP contribution in [0.15, 0.2) is 60.0 Å². The molecule has 0 spiro atoms. The first-order chi connectivity index (χ1) is 15.5. The van der Waals surface area contributed by atoms with Crippen molar-refractivity contribution in [3.05, 3.63) is 82.2 Å². The molecule has 0 fully saturated rings. The topological polar surface area (TPSA) is 68.3 Å². The maximum absolute atomic E-state index is 13.3. The van der Waals surface area contributed by atoms with Crippen LogP contribution in [0.25, 0.3) is 21.5 Å². The van der Waals surface area contributed by atoms with E-state index in [0.29, 0.717) is 23.4 Å². The van der Waals surface area contributed by atoms with Crippen molar-refractivity contribution in [2.24, 2.45) is 0 Å². The summed E-state index contributed by atoms with van der Waals surface area (Å²) in [6, 6.07) is 16.6. The molecule has 6 heteroatoms. The predicted molar refractivity (Wildman–Crippen MR) is 129 cm³/mol. The van der Waals surface area contributed by atoms with Gasteiger partial charge in [0.2, 0.25) is 0 Å². The molecule has 0 unspecified atom stereocenters. The molecule has 2 aromatic carbocycles. The summed E-state index contributed by atoms with van der Waals surface area (Å²) in [6.45, 7) is 6.36. The van der Waals surface area contributed by atoms with Crippen LogP contribution in [0.2, 0.25) is 0 Å². The Bertz CT molecular complexity index is 1280. The molecule has 4 rings (SSSR count). The van der Waals surface area contributed by atoms with Gasteiger partial charge in [0.05, 0.1) is 33.8 Å². The lowest BCUT2D eigenvalue weighted by Gasteiger charge is -2.13. The van der Waals surface area contributed by atoms with Crippen molar-refractivity contribution in [2.45, 2.75) is 27.2 Å². The van der Waals surface area contributed by atoms with Gasteiger partial charge in [0, 0.05) is 11.1 Å². The first kappa shape index (κ1) is 21.7. The van der Waals surface area contributed by atoms with Gasteiger partial charge >= 0.3 is 5.97 Å². The molecule has 162 valence electrons. The number of pyridine rings is 1. The number of aromatic nitrogens is 1. The number of carbonyl (C=O) groups is 2. The largest absolute Gasteiger partial charge is 0.462 e. The van der Waals surface area contributed by atoms with Crippen molar-refractivity contribution in [3.8, 4) is 10.6 Å². The number of hydrogen-bond donors (Lipinski definition) is 1. The monoisotopic (exact) mass is 444 g/mol. The van der Waals surface area contributed by atoms with E-state index in [4.69, 9.17) is 9.72 Å². The van der Waals surface area contributed by atoms with E-state index in [-0.39, 0.29) is 11.9 Å². The minimum Gasteiger partial charge on any atom is -0.462 e. The van der Waals surface area contributed by atoms with Gasteiger partial charge in [0.1, 0.15) is 0 Å². The number of aryl methyl sites for hydroxylation is 2. The minimum absolute atomic E-state index is 0.221. The van der Waals surface area contributed by atoms with Crippen LogP contribution in [0, 0.1) is 13.8 Å². The zero-order valence-electron chi connectivity index (χ0n) is 18.3. The number of hydrogen-bond acceptors (Lipinski definition) is 5. The number of rotatable bonds is 6. The van der Waals surface area contributed by atoms with E-state index in [1.807, 2.05) is 50.4 Å². The Kier molecular flexibility index (Phi) is 6.32. The van der Waals surface area contributed by atoms with Gasteiger partial charge in [-0.1, -0.05) is 24.6 Å². The average Bonchev–Trinajstić information content (AvgIpc) is 3.32. The van der Waals surface area contributed by atoms with E-state index in [2.05, 4.69) is 11.4 Å². The fourth-order valence-electron chi connectivity index (χ4n) is 3.59. The van der Waals surface area contributed by atoms with Gasteiger partial charge in [-0.15, -0.1) is 11.3 Å². The second kappa shape index (κ2) is 9.32. The van der Waals surface area contributed by atoms with Gasteiger partial charge < -0.3 is 10.1 Å². The second-order valence-corrected chi connectivity index (χ2v) is 8.63. The highest BCUT2D eigenvalue weighted by molar-refractivity contribution is 7.13. The number of nitrogens with zero attached hydrogens (tertiary/aromatic N) is 1. The number of benzene rings is 2. The minimum atomic E-state index is -0.364. The van der Waals surface area contributed by atoms with Crippen LogP contribution in [0.4, 0.5) is 5.69 Å². The van der Waals surface area contributed by atoms with Crippen molar-refractivity contribution in [1.29, 1.82) is 0 Å². The molecule has 5 nitrogen and oxygen atoms in total. The van der Waals surface area contributed by atoms with Crippen molar-refractivity contribution >= 4 is 39.8 Å². The SMILES string of the molecule is CCCOC(=O)c1ccc(NC(=O)c2cc(-c3cccs3)nc3c(C)cc(C)cc23)cc1. The van der Waals surface area contributed by atoms with Crippen molar-refractivity contribution in [2.75, 3.05) is 11.9 Å². The fourth-order valence-corrected chi connectivity index (χ4v) is 4.27. The highest BCUT2D eigenvalue weighted by atomic mass is 32.1. The van der Waals surface area contributed by atoms with Gasteiger partial charge in [0.15, 0.2) is 0 Å². The maximum atomic E-state index is 13.3. The van der Waals surface area contributed by atoms with Gasteiger partial charge in [0.25, 0.3) is 5.91 Å². The van der Waals surface area contributed by atoms with Gasteiger partial charge in [-0.2, -0.15) is 0 Å². The Morgan fingerprint density at radius 1 is 1.06 bits per heavy atom. The lowest BCUT2D eigenvalue weighted by Crippen LogP contribution is -2.14. The number of fused-ring (bicyclic) bond motifs is 1. The number of nitrogens with one attached hydrogen (secondary N) is 1. The average molecular weight is 445 g/mol. The van der Waals surface area contributed by atoms with E-state index in [9.17, 15) is 9.59 Å². The molecule has 0 saturated carbocycles. The molecule has 0 saturated heterocycles. The normalized spacial score (nSPS) is 10.8. The Morgan fingerprint density at radius 2 is 1.84 bits per heavy atom. The number of carbonyl (C=O) groups excluding carboxylic acids is 2. The lowest BCUT2D eigenvalue weighted by molar-refractivity contribution is 0.0505. The molecule has 1 amide bonds. The summed E-state index contributed by atoms with van der Waals surface area (Å²) in [5, 5.41) is 5.77. The van der Waals surface area contributed by atoms with Crippen LogP contribution in [0.1, 0.15) is 45.2 Å². The summed E-state index contributed by atoms with van der Waals surface area (Å²) in [7, 11) is 0. The van der Waals surface area contributed by atoms with Gasteiger partial charge in [-0.25, -0.2) is 9.78 Å². The number of thiophene rings is 1. The van der Waals surface area contributed by atoms with E-state index < -0.39 is 0 Å². The lowest BCUT2D eigenvalue weighted by atomic mass is 10.0. The molecule has 4 aromatic rings. The summed E-state index contributed by atoms with van der Waals surface area (Å²) in [6.07, 6.45) is 0.770. The van der Waals surface area contributed by atoms with Crippen LogP contribution in [0.5, 0.6) is 0 Å². The zero-order chi connectivity index (χ0) is 22.7. The Balaban J connectivity index is 1.68. The number of anilines is 1. The summed E-state index contributed by atoms with van der Waals surface area (Å²) >= 11 is 1.59.